The van der Waals surface area contributed by atoms with Gasteiger partial charge in [-0.15, -0.1) is 0 Å². The number of nitrogens with zero attached hydrogens (tertiary/aromatic N) is 2. The fraction of sp³-hybridized carbons (Fsp3) is 0.412. The number of hydrogen-bond donors (Lipinski definition) is 1. The van der Waals surface area contributed by atoms with Crippen LogP contribution in [0.5, 0.6) is 5.75 Å². The number of rotatable bonds is 4. The number of para-hydroxylation sites is 1. The van der Waals surface area contributed by atoms with E-state index in [0.29, 0.717) is 11.7 Å². The first-order valence-electron chi connectivity index (χ1n) is 7.57. The van der Waals surface area contributed by atoms with Crippen molar-refractivity contribution >= 4 is 11.6 Å². The van der Waals surface area contributed by atoms with Gasteiger partial charge in [0.2, 0.25) is 0 Å². The molecule has 0 bridgehead atoms. The van der Waals surface area contributed by atoms with Crippen molar-refractivity contribution in [3.05, 3.63) is 41.5 Å². The third kappa shape index (κ3) is 2.76. The van der Waals surface area contributed by atoms with E-state index in [4.69, 9.17) is 15.0 Å². The van der Waals surface area contributed by atoms with Gasteiger partial charge in [-0.1, -0.05) is 36.2 Å². The van der Waals surface area contributed by atoms with Gasteiger partial charge in [-0.25, -0.2) is 0 Å². The molecule has 2 aromatic rings. The SMILES string of the molecule is COc1ccccc1/C(C)=C/c1nc(C2(N)CCCC2)no1. The lowest BCUT2D eigenvalue weighted by Crippen LogP contribution is -2.34. The molecule has 0 atom stereocenters. The van der Waals surface area contributed by atoms with Crippen LogP contribution in [-0.2, 0) is 5.54 Å². The highest BCUT2D eigenvalue weighted by Crippen LogP contribution is 2.35. The monoisotopic (exact) mass is 299 g/mol. The zero-order chi connectivity index (χ0) is 15.6. The second-order valence-electron chi connectivity index (χ2n) is 5.85. The second-order valence-corrected chi connectivity index (χ2v) is 5.85. The van der Waals surface area contributed by atoms with Crippen molar-refractivity contribution in [3.63, 3.8) is 0 Å². The fourth-order valence-electron chi connectivity index (χ4n) is 2.96. The number of nitrogens with two attached hydrogens (primary N) is 1. The van der Waals surface area contributed by atoms with Gasteiger partial charge < -0.3 is 15.0 Å². The van der Waals surface area contributed by atoms with Crippen LogP contribution in [0.25, 0.3) is 11.6 Å². The average Bonchev–Trinajstić information content (AvgIpc) is 3.17. The molecule has 0 radical (unpaired) electrons. The molecule has 1 heterocycles. The van der Waals surface area contributed by atoms with E-state index in [9.17, 15) is 0 Å². The highest BCUT2D eigenvalue weighted by Gasteiger charge is 2.35. The van der Waals surface area contributed by atoms with E-state index in [-0.39, 0.29) is 0 Å². The summed E-state index contributed by atoms with van der Waals surface area (Å²) in [7, 11) is 1.66. The van der Waals surface area contributed by atoms with Crippen molar-refractivity contribution in [2.45, 2.75) is 38.1 Å². The van der Waals surface area contributed by atoms with Crippen LogP contribution in [0.4, 0.5) is 0 Å². The third-order valence-electron chi connectivity index (χ3n) is 4.25. The largest absolute Gasteiger partial charge is 0.496 e. The Morgan fingerprint density at radius 3 is 2.77 bits per heavy atom. The molecule has 0 saturated heterocycles. The van der Waals surface area contributed by atoms with Gasteiger partial charge in [-0.3, -0.25) is 0 Å². The standard InChI is InChI=1S/C17H21N3O2/c1-12(13-7-3-4-8-14(13)21-2)11-15-19-16(20-22-15)17(18)9-5-6-10-17/h3-4,7-8,11H,5-6,9-10,18H2,1-2H3/b12-11+. The Kier molecular flexibility index (Phi) is 3.98. The van der Waals surface area contributed by atoms with Crippen molar-refractivity contribution in [3.8, 4) is 5.75 Å². The summed E-state index contributed by atoms with van der Waals surface area (Å²) in [6.45, 7) is 2.00. The molecule has 0 spiro atoms. The predicted molar refractivity (Wildman–Crippen MR) is 85.2 cm³/mol. The van der Waals surface area contributed by atoms with Gasteiger partial charge in [-0.2, -0.15) is 4.98 Å². The van der Waals surface area contributed by atoms with E-state index in [1.54, 1.807) is 7.11 Å². The van der Waals surface area contributed by atoms with Crippen LogP contribution in [0, 0.1) is 0 Å². The van der Waals surface area contributed by atoms with E-state index < -0.39 is 5.54 Å². The first-order chi connectivity index (χ1) is 10.6. The van der Waals surface area contributed by atoms with Crippen LogP contribution >= 0.6 is 0 Å². The van der Waals surface area contributed by atoms with Crippen LogP contribution in [-0.4, -0.2) is 17.3 Å². The summed E-state index contributed by atoms with van der Waals surface area (Å²) in [4.78, 5) is 4.47. The lowest BCUT2D eigenvalue weighted by atomic mass is 9.99. The number of ether oxygens (including phenoxy) is 1. The van der Waals surface area contributed by atoms with E-state index in [0.717, 1.165) is 42.6 Å². The van der Waals surface area contributed by atoms with Crippen molar-refractivity contribution in [1.82, 2.24) is 10.1 Å². The van der Waals surface area contributed by atoms with E-state index in [1.807, 2.05) is 37.3 Å². The van der Waals surface area contributed by atoms with Gasteiger partial charge in [0, 0.05) is 11.6 Å². The second kappa shape index (κ2) is 5.93. The number of methoxy groups -OCH3 is 1. The van der Waals surface area contributed by atoms with Gasteiger partial charge in [-0.05, 0) is 31.4 Å². The maximum Gasteiger partial charge on any atom is 0.250 e. The van der Waals surface area contributed by atoms with Crippen molar-refractivity contribution in [2.75, 3.05) is 7.11 Å². The first-order valence-corrected chi connectivity index (χ1v) is 7.57. The van der Waals surface area contributed by atoms with E-state index >= 15 is 0 Å². The molecule has 2 N–H and O–H groups in total. The van der Waals surface area contributed by atoms with Crippen molar-refractivity contribution in [1.29, 1.82) is 0 Å². The summed E-state index contributed by atoms with van der Waals surface area (Å²) in [6.07, 6.45) is 5.95. The minimum atomic E-state index is -0.423. The minimum absolute atomic E-state index is 0.423. The number of allylic oxidation sites excluding steroid dienone is 1. The summed E-state index contributed by atoms with van der Waals surface area (Å²) < 4.78 is 10.7. The van der Waals surface area contributed by atoms with Gasteiger partial charge in [0.25, 0.3) is 5.89 Å². The molecule has 0 amide bonds. The lowest BCUT2D eigenvalue weighted by molar-refractivity contribution is 0.364. The molecule has 0 unspecified atom stereocenters. The van der Waals surface area contributed by atoms with Gasteiger partial charge >= 0.3 is 0 Å². The van der Waals surface area contributed by atoms with Gasteiger partial charge in [0.15, 0.2) is 5.82 Å². The molecular weight excluding hydrogens is 278 g/mol. The molecule has 1 aromatic heterocycles. The molecule has 1 aliphatic carbocycles. The molecular formula is C17H21N3O2. The van der Waals surface area contributed by atoms with E-state index in [2.05, 4.69) is 10.1 Å². The minimum Gasteiger partial charge on any atom is -0.496 e. The summed E-state index contributed by atoms with van der Waals surface area (Å²) in [5.41, 5.74) is 7.95. The molecule has 5 nitrogen and oxygen atoms in total. The molecule has 1 saturated carbocycles. The smallest absolute Gasteiger partial charge is 0.250 e. The Balaban J connectivity index is 1.87. The fourth-order valence-corrected chi connectivity index (χ4v) is 2.96. The zero-order valence-corrected chi connectivity index (χ0v) is 13.0. The Hall–Kier alpha value is -2.14. The first kappa shape index (κ1) is 14.8. The number of benzene rings is 1. The molecule has 1 aromatic carbocycles. The molecule has 3 rings (SSSR count). The van der Waals surface area contributed by atoms with Crippen LogP contribution in [0.1, 0.15) is 49.9 Å². The highest BCUT2D eigenvalue weighted by molar-refractivity contribution is 5.80. The van der Waals surface area contributed by atoms with Crippen LogP contribution < -0.4 is 10.5 Å². The maximum absolute atomic E-state index is 6.36. The summed E-state index contributed by atoms with van der Waals surface area (Å²) >= 11 is 0. The third-order valence-corrected chi connectivity index (χ3v) is 4.25. The molecule has 1 fully saturated rings. The summed E-state index contributed by atoms with van der Waals surface area (Å²) in [5.74, 6) is 1.92. The summed E-state index contributed by atoms with van der Waals surface area (Å²) in [5, 5.41) is 4.07. The van der Waals surface area contributed by atoms with Crippen molar-refractivity contribution in [2.24, 2.45) is 5.73 Å². The highest BCUT2D eigenvalue weighted by atomic mass is 16.5. The Labute approximate surface area is 130 Å². The predicted octanol–water partition coefficient (Wildman–Crippen LogP) is 3.37. The molecule has 116 valence electrons. The maximum atomic E-state index is 6.36. The van der Waals surface area contributed by atoms with Gasteiger partial charge in [0.05, 0.1) is 12.6 Å². The molecule has 5 heteroatoms. The van der Waals surface area contributed by atoms with Crippen LogP contribution in [0.2, 0.25) is 0 Å². The van der Waals surface area contributed by atoms with Crippen molar-refractivity contribution < 1.29 is 9.26 Å². The Morgan fingerprint density at radius 1 is 1.32 bits per heavy atom. The number of hydrogen-bond acceptors (Lipinski definition) is 5. The van der Waals surface area contributed by atoms with E-state index in [1.165, 1.54) is 0 Å². The molecule has 22 heavy (non-hydrogen) atoms. The summed E-state index contributed by atoms with van der Waals surface area (Å²) in [6, 6.07) is 7.85. The van der Waals surface area contributed by atoms with Crippen LogP contribution in [0.3, 0.4) is 0 Å². The zero-order valence-electron chi connectivity index (χ0n) is 13.0. The Morgan fingerprint density at radius 2 is 2.05 bits per heavy atom. The normalized spacial score (nSPS) is 17.7. The topological polar surface area (TPSA) is 74.2 Å². The van der Waals surface area contributed by atoms with Crippen LogP contribution in [0.15, 0.2) is 28.8 Å². The average molecular weight is 299 g/mol. The molecule has 1 aliphatic rings. The number of aromatic nitrogens is 2. The lowest BCUT2D eigenvalue weighted by Gasteiger charge is -2.17. The molecule has 0 aliphatic heterocycles. The Bertz CT molecular complexity index is 685. The quantitative estimate of drug-likeness (QED) is 0.937. The van der Waals surface area contributed by atoms with Gasteiger partial charge in [0.1, 0.15) is 5.75 Å².